The van der Waals surface area contributed by atoms with Crippen LogP contribution in [-0.4, -0.2) is 35.2 Å². The Morgan fingerprint density at radius 1 is 1.18 bits per heavy atom. The van der Waals surface area contributed by atoms with E-state index in [2.05, 4.69) is 9.98 Å². The number of hydrogen-bond donors (Lipinski definition) is 4. The summed E-state index contributed by atoms with van der Waals surface area (Å²) in [5.41, 5.74) is 13.2. The Kier molecular flexibility index (Phi) is 6.16. The minimum atomic E-state index is -0.832. The van der Waals surface area contributed by atoms with Gasteiger partial charge in [-0.3, -0.25) is 9.79 Å². The van der Waals surface area contributed by atoms with Gasteiger partial charge in [0, 0.05) is 36.1 Å². The highest BCUT2D eigenvalue weighted by Gasteiger charge is 2.21. The minimum absolute atomic E-state index is 0.0792. The lowest BCUT2D eigenvalue weighted by Gasteiger charge is -2.12. The van der Waals surface area contributed by atoms with E-state index in [1.165, 1.54) is 0 Å². The van der Waals surface area contributed by atoms with Crippen molar-refractivity contribution >= 4 is 22.8 Å². The first-order chi connectivity index (χ1) is 13.5. The predicted octanol–water partition coefficient (Wildman–Crippen LogP) is 2.62. The van der Waals surface area contributed by atoms with E-state index < -0.39 is 11.9 Å². The molecule has 0 bridgehead atoms. The summed E-state index contributed by atoms with van der Waals surface area (Å²) in [7, 11) is 0. The fraction of sp³-hybridized carbons (Fsp3) is 0.238. The number of carboxylic acids is 1. The van der Waals surface area contributed by atoms with Crippen LogP contribution in [0.25, 0.3) is 10.9 Å². The number of H-pyrrole nitrogens is 1. The quantitative estimate of drug-likeness (QED) is 0.258. The molecule has 0 radical (unpaired) electrons. The van der Waals surface area contributed by atoms with Crippen molar-refractivity contribution in [3.05, 3.63) is 65.9 Å². The van der Waals surface area contributed by atoms with Crippen molar-refractivity contribution in [3.63, 3.8) is 0 Å². The Morgan fingerprint density at radius 3 is 2.68 bits per heavy atom. The third-order valence-electron chi connectivity index (χ3n) is 4.53. The summed E-state index contributed by atoms with van der Waals surface area (Å²) in [4.78, 5) is 18.9. The van der Waals surface area contributed by atoms with Crippen molar-refractivity contribution in [3.8, 4) is 5.75 Å². The van der Waals surface area contributed by atoms with Crippen LogP contribution < -0.4 is 16.2 Å². The van der Waals surface area contributed by atoms with Gasteiger partial charge < -0.3 is 26.3 Å². The van der Waals surface area contributed by atoms with E-state index in [1.54, 1.807) is 0 Å². The molecule has 1 unspecified atom stereocenters. The first-order valence-electron chi connectivity index (χ1n) is 9.10. The van der Waals surface area contributed by atoms with Gasteiger partial charge in [-0.05, 0) is 29.7 Å². The zero-order valence-corrected chi connectivity index (χ0v) is 15.5. The highest BCUT2D eigenvalue weighted by molar-refractivity contribution is 5.86. The lowest BCUT2D eigenvalue weighted by atomic mass is 9.92. The number of fused-ring (bicyclic) bond motifs is 1. The van der Waals surface area contributed by atoms with Crippen molar-refractivity contribution in [2.45, 2.75) is 18.8 Å². The molecule has 3 rings (SSSR count). The third kappa shape index (κ3) is 4.82. The van der Waals surface area contributed by atoms with E-state index in [4.69, 9.17) is 16.2 Å². The zero-order chi connectivity index (χ0) is 19.9. The maximum Gasteiger partial charge on any atom is 0.311 e. The molecular weight excluding hydrogens is 356 g/mol. The van der Waals surface area contributed by atoms with Gasteiger partial charge in [-0.2, -0.15) is 0 Å². The number of hydrogen-bond acceptors (Lipinski definition) is 3. The second-order valence-electron chi connectivity index (χ2n) is 6.54. The Morgan fingerprint density at radius 2 is 1.96 bits per heavy atom. The van der Waals surface area contributed by atoms with Gasteiger partial charge in [0.1, 0.15) is 5.75 Å². The summed E-state index contributed by atoms with van der Waals surface area (Å²) >= 11 is 0. The van der Waals surface area contributed by atoms with Crippen LogP contribution in [0.3, 0.4) is 0 Å². The highest BCUT2D eigenvalue weighted by atomic mass is 16.5. The van der Waals surface area contributed by atoms with E-state index >= 15 is 0 Å². The van der Waals surface area contributed by atoms with Crippen LogP contribution in [0.5, 0.6) is 5.75 Å². The molecule has 28 heavy (non-hydrogen) atoms. The maximum absolute atomic E-state index is 11.8. The molecule has 7 nitrogen and oxygen atoms in total. The average Bonchev–Trinajstić information content (AvgIpc) is 3.08. The van der Waals surface area contributed by atoms with Crippen molar-refractivity contribution in [1.82, 2.24) is 4.98 Å². The van der Waals surface area contributed by atoms with E-state index in [0.717, 1.165) is 27.8 Å². The van der Waals surface area contributed by atoms with Crippen LogP contribution in [0.15, 0.2) is 59.7 Å². The van der Waals surface area contributed by atoms with Crippen LogP contribution >= 0.6 is 0 Å². The van der Waals surface area contributed by atoms with Crippen molar-refractivity contribution in [1.29, 1.82) is 0 Å². The van der Waals surface area contributed by atoms with Gasteiger partial charge in [-0.15, -0.1) is 0 Å². The Labute approximate surface area is 163 Å². The smallest absolute Gasteiger partial charge is 0.311 e. The number of aromatic amines is 1. The number of carbonyl (C=O) groups is 1. The van der Waals surface area contributed by atoms with Gasteiger partial charge in [0.05, 0.1) is 12.5 Å². The number of nitrogens with one attached hydrogen (secondary N) is 1. The predicted molar refractivity (Wildman–Crippen MR) is 110 cm³/mol. The van der Waals surface area contributed by atoms with Crippen molar-refractivity contribution in [2.24, 2.45) is 16.5 Å². The number of aliphatic carboxylic acids is 1. The molecule has 0 aliphatic rings. The molecule has 1 atom stereocenters. The highest BCUT2D eigenvalue weighted by Crippen LogP contribution is 2.28. The van der Waals surface area contributed by atoms with Crippen LogP contribution in [0.1, 0.15) is 23.5 Å². The Balaban J connectivity index is 1.70. The summed E-state index contributed by atoms with van der Waals surface area (Å²) in [5, 5.41) is 10.7. The molecule has 1 aromatic heterocycles. The van der Waals surface area contributed by atoms with Crippen LogP contribution in [0.4, 0.5) is 0 Å². The standard InChI is InChI=1S/C21H24N4O3/c22-21(23)24-9-4-10-28-16-7-8-17-15(13-25-19(17)12-16)11-18(20(26)27)14-5-2-1-3-6-14/h1-3,5-8,12-13,18,25H,4,9-11H2,(H,26,27)(H4,22,23,24). The molecule has 0 fully saturated rings. The number of carboxylic acid groups (broad SMARTS) is 1. The number of aliphatic imine (C=N–C) groups is 1. The SMILES string of the molecule is NC(N)=NCCCOc1ccc2c(CC(C(=O)O)c3ccccc3)c[nH]c2c1. The number of nitrogens with zero attached hydrogens (tertiary/aromatic N) is 1. The van der Waals surface area contributed by atoms with Gasteiger partial charge in [-0.25, -0.2) is 0 Å². The number of benzene rings is 2. The van der Waals surface area contributed by atoms with E-state index in [0.29, 0.717) is 26.0 Å². The van der Waals surface area contributed by atoms with E-state index in [9.17, 15) is 9.90 Å². The number of guanidine groups is 1. The molecule has 0 aliphatic heterocycles. The molecule has 1 heterocycles. The Bertz CT molecular complexity index is 962. The molecule has 0 aliphatic carbocycles. The second-order valence-corrected chi connectivity index (χ2v) is 6.54. The normalized spacial score (nSPS) is 11.9. The first kappa shape index (κ1) is 19.3. The van der Waals surface area contributed by atoms with Crippen LogP contribution in [-0.2, 0) is 11.2 Å². The van der Waals surface area contributed by atoms with Gasteiger partial charge in [0.25, 0.3) is 0 Å². The number of rotatable bonds is 9. The topological polar surface area (TPSA) is 127 Å². The molecule has 146 valence electrons. The molecule has 0 spiro atoms. The van der Waals surface area contributed by atoms with Crippen LogP contribution in [0.2, 0.25) is 0 Å². The van der Waals surface area contributed by atoms with Crippen molar-refractivity contribution < 1.29 is 14.6 Å². The van der Waals surface area contributed by atoms with Gasteiger partial charge in [0.2, 0.25) is 0 Å². The largest absolute Gasteiger partial charge is 0.493 e. The average molecular weight is 380 g/mol. The lowest BCUT2D eigenvalue weighted by Crippen LogP contribution is -2.23. The summed E-state index contributed by atoms with van der Waals surface area (Å²) in [6, 6.07) is 15.1. The molecule has 0 amide bonds. The summed E-state index contributed by atoms with van der Waals surface area (Å²) < 4.78 is 5.73. The number of aromatic nitrogens is 1. The minimum Gasteiger partial charge on any atom is -0.493 e. The number of ether oxygens (including phenoxy) is 1. The summed E-state index contributed by atoms with van der Waals surface area (Å²) in [6.07, 6.45) is 2.99. The van der Waals surface area contributed by atoms with E-state index in [1.807, 2.05) is 54.7 Å². The molecule has 6 N–H and O–H groups in total. The monoisotopic (exact) mass is 380 g/mol. The van der Waals surface area contributed by atoms with Crippen LogP contribution in [0, 0.1) is 0 Å². The second kappa shape index (κ2) is 8.94. The Hall–Kier alpha value is -3.48. The van der Waals surface area contributed by atoms with Crippen molar-refractivity contribution in [2.75, 3.05) is 13.2 Å². The van der Waals surface area contributed by atoms with E-state index in [-0.39, 0.29) is 5.96 Å². The fourth-order valence-electron chi connectivity index (χ4n) is 3.14. The molecule has 3 aromatic rings. The first-order valence-corrected chi connectivity index (χ1v) is 9.10. The number of nitrogens with two attached hydrogens (primary N) is 2. The fourth-order valence-corrected chi connectivity index (χ4v) is 3.14. The summed E-state index contributed by atoms with van der Waals surface area (Å²) in [6.45, 7) is 1.03. The molecule has 0 saturated carbocycles. The molecule has 0 saturated heterocycles. The lowest BCUT2D eigenvalue weighted by molar-refractivity contribution is -0.138. The van der Waals surface area contributed by atoms with Gasteiger partial charge >= 0.3 is 5.97 Å². The molecular formula is C21H24N4O3. The maximum atomic E-state index is 11.8. The molecule has 2 aromatic carbocycles. The van der Waals surface area contributed by atoms with Gasteiger partial charge in [0.15, 0.2) is 5.96 Å². The summed E-state index contributed by atoms with van der Waals surface area (Å²) in [5.74, 6) is -0.605. The third-order valence-corrected chi connectivity index (χ3v) is 4.53. The van der Waals surface area contributed by atoms with Gasteiger partial charge in [-0.1, -0.05) is 30.3 Å². The molecule has 7 heteroatoms. The zero-order valence-electron chi connectivity index (χ0n) is 15.5.